The van der Waals surface area contributed by atoms with Gasteiger partial charge in [0.1, 0.15) is 17.2 Å². The number of hydrogen-bond donors (Lipinski definition) is 0. The van der Waals surface area contributed by atoms with E-state index in [1.165, 1.54) is 24.3 Å². The molecule has 138 valence electrons. The molecule has 0 bridgehead atoms. The SMILES string of the molecule is COc1ccc2ccc(OC(=O)CCOc3ccc([N+](=O)[O-])cc3)cc2c1. The Kier molecular flexibility index (Phi) is 5.51. The molecule has 0 N–H and O–H groups in total. The van der Waals surface area contributed by atoms with Crippen LogP contribution < -0.4 is 14.2 Å². The Morgan fingerprint density at radius 2 is 1.56 bits per heavy atom. The van der Waals surface area contributed by atoms with Crippen LogP contribution in [0.4, 0.5) is 5.69 Å². The fourth-order valence-electron chi connectivity index (χ4n) is 2.49. The maximum Gasteiger partial charge on any atom is 0.314 e. The van der Waals surface area contributed by atoms with Crippen LogP contribution in [-0.4, -0.2) is 24.6 Å². The van der Waals surface area contributed by atoms with Crippen LogP contribution in [0.25, 0.3) is 10.8 Å². The lowest BCUT2D eigenvalue weighted by Crippen LogP contribution is -2.12. The molecule has 7 heteroatoms. The summed E-state index contributed by atoms with van der Waals surface area (Å²) in [4.78, 5) is 22.1. The number of hydrogen-bond acceptors (Lipinski definition) is 6. The highest BCUT2D eigenvalue weighted by atomic mass is 16.6. The summed E-state index contributed by atoms with van der Waals surface area (Å²) in [6.45, 7) is 0.109. The van der Waals surface area contributed by atoms with Gasteiger partial charge in [0.05, 0.1) is 25.1 Å². The van der Waals surface area contributed by atoms with Crippen LogP contribution in [0.15, 0.2) is 60.7 Å². The van der Waals surface area contributed by atoms with Crippen molar-refractivity contribution >= 4 is 22.4 Å². The van der Waals surface area contributed by atoms with E-state index in [0.717, 1.165) is 16.5 Å². The minimum atomic E-state index is -0.486. The van der Waals surface area contributed by atoms with Crippen molar-refractivity contribution in [3.63, 3.8) is 0 Å². The zero-order valence-corrected chi connectivity index (χ0v) is 14.6. The first kappa shape index (κ1) is 18.2. The van der Waals surface area contributed by atoms with Gasteiger partial charge in [0.15, 0.2) is 0 Å². The highest BCUT2D eigenvalue weighted by Gasteiger charge is 2.08. The maximum absolute atomic E-state index is 12.0. The lowest BCUT2D eigenvalue weighted by Gasteiger charge is -2.08. The number of ether oxygens (including phenoxy) is 3. The number of benzene rings is 3. The first-order chi connectivity index (χ1) is 13.0. The van der Waals surface area contributed by atoms with Crippen LogP contribution >= 0.6 is 0 Å². The Bertz CT molecular complexity index is 968. The summed E-state index contributed by atoms with van der Waals surface area (Å²) in [7, 11) is 1.59. The Hall–Kier alpha value is -3.61. The van der Waals surface area contributed by atoms with Crippen LogP contribution in [-0.2, 0) is 4.79 Å². The van der Waals surface area contributed by atoms with E-state index in [1.807, 2.05) is 24.3 Å². The number of rotatable bonds is 7. The van der Waals surface area contributed by atoms with Crippen LogP contribution in [0, 0.1) is 10.1 Å². The number of fused-ring (bicyclic) bond motifs is 1. The summed E-state index contributed by atoms with van der Waals surface area (Å²) >= 11 is 0. The van der Waals surface area contributed by atoms with Gasteiger partial charge < -0.3 is 14.2 Å². The predicted octanol–water partition coefficient (Wildman–Crippen LogP) is 4.13. The molecule has 0 saturated heterocycles. The molecule has 0 saturated carbocycles. The standard InChI is InChI=1S/C20H17NO6/c1-25-18-6-2-14-3-7-19(13-15(14)12-18)27-20(22)10-11-26-17-8-4-16(5-9-17)21(23)24/h2-9,12-13H,10-11H2,1H3. The van der Waals surface area contributed by atoms with Crippen molar-refractivity contribution in [2.75, 3.05) is 13.7 Å². The van der Waals surface area contributed by atoms with Gasteiger partial charge in [-0.15, -0.1) is 0 Å². The topological polar surface area (TPSA) is 87.9 Å². The zero-order chi connectivity index (χ0) is 19.2. The molecule has 0 aromatic heterocycles. The van der Waals surface area contributed by atoms with Crippen molar-refractivity contribution < 1.29 is 23.9 Å². The number of carbonyl (C=O) groups is 1. The Labute approximate surface area is 155 Å². The van der Waals surface area contributed by atoms with Crippen molar-refractivity contribution in [3.05, 3.63) is 70.8 Å². The molecular weight excluding hydrogens is 350 g/mol. The largest absolute Gasteiger partial charge is 0.497 e. The maximum atomic E-state index is 12.0. The number of nitrogens with zero attached hydrogens (tertiary/aromatic N) is 1. The second-order valence-electron chi connectivity index (χ2n) is 5.70. The molecule has 0 atom stereocenters. The summed E-state index contributed by atoms with van der Waals surface area (Å²) in [6, 6.07) is 16.7. The lowest BCUT2D eigenvalue weighted by molar-refractivity contribution is -0.384. The minimum absolute atomic E-state index is 0.0188. The molecule has 0 unspecified atom stereocenters. The molecule has 0 fully saturated rings. The van der Waals surface area contributed by atoms with E-state index in [9.17, 15) is 14.9 Å². The minimum Gasteiger partial charge on any atom is -0.497 e. The molecule has 0 aliphatic rings. The number of nitro groups is 1. The van der Waals surface area contributed by atoms with Crippen molar-refractivity contribution in [2.24, 2.45) is 0 Å². The van der Waals surface area contributed by atoms with Gasteiger partial charge in [-0.25, -0.2) is 0 Å². The van der Waals surface area contributed by atoms with E-state index in [4.69, 9.17) is 14.2 Å². The average molecular weight is 367 g/mol. The molecule has 0 spiro atoms. The Balaban J connectivity index is 1.54. The van der Waals surface area contributed by atoms with Crippen molar-refractivity contribution in [1.82, 2.24) is 0 Å². The number of non-ortho nitro benzene ring substituents is 1. The Morgan fingerprint density at radius 1 is 0.926 bits per heavy atom. The van der Waals surface area contributed by atoms with Gasteiger partial charge in [0.2, 0.25) is 0 Å². The normalized spacial score (nSPS) is 10.4. The molecule has 0 amide bonds. The van der Waals surface area contributed by atoms with Gasteiger partial charge in [-0.3, -0.25) is 14.9 Å². The molecule has 0 radical (unpaired) electrons. The van der Waals surface area contributed by atoms with Crippen molar-refractivity contribution in [2.45, 2.75) is 6.42 Å². The van der Waals surface area contributed by atoms with E-state index in [-0.39, 0.29) is 18.7 Å². The molecule has 0 heterocycles. The van der Waals surface area contributed by atoms with E-state index in [2.05, 4.69) is 0 Å². The van der Waals surface area contributed by atoms with Crippen LogP contribution in [0.1, 0.15) is 6.42 Å². The van der Waals surface area contributed by atoms with Crippen LogP contribution in [0.5, 0.6) is 17.2 Å². The van der Waals surface area contributed by atoms with Crippen LogP contribution in [0.3, 0.4) is 0 Å². The average Bonchev–Trinajstić information content (AvgIpc) is 2.67. The fourth-order valence-corrected chi connectivity index (χ4v) is 2.49. The molecule has 3 aromatic carbocycles. The molecule has 7 nitrogen and oxygen atoms in total. The molecule has 3 aromatic rings. The first-order valence-corrected chi connectivity index (χ1v) is 8.21. The summed E-state index contributed by atoms with van der Waals surface area (Å²) in [5.41, 5.74) is -0.0188. The van der Waals surface area contributed by atoms with Gasteiger partial charge >= 0.3 is 5.97 Å². The summed E-state index contributed by atoms with van der Waals surface area (Å²) < 4.78 is 15.9. The fraction of sp³-hybridized carbons (Fsp3) is 0.150. The van der Waals surface area contributed by atoms with Gasteiger partial charge in [-0.2, -0.15) is 0 Å². The van der Waals surface area contributed by atoms with Gasteiger partial charge in [-0.05, 0) is 47.2 Å². The highest BCUT2D eigenvalue weighted by Crippen LogP contribution is 2.25. The van der Waals surface area contributed by atoms with Crippen molar-refractivity contribution in [3.8, 4) is 17.2 Å². The Morgan fingerprint density at radius 3 is 2.22 bits per heavy atom. The van der Waals surface area contributed by atoms with Crippen LogP contribution in [0.2, 0.25) is 0 Å². The van der Waals surface area contributed by atoms with Crippen molar-refractivity contribution in [1.29, 1.82) is 0 Å². The highest BCUT2D eigenvalue weighted by molar-refractivity contribution is 5.86. The van der Waals surface area contributed by atoms with Gasteiger partial charge in [0.25, 0.3) is 5.69 Å². The zero-order valence-electron chi connectivity index (χ0n) is 14.6. The lowest BCUT2D eigenvalue weighted by atomic mass is 10.1. The van der Waals surface area contributed by atoms with E-state index < -0.39 is 10.9 Å². The summed E-state index contributed by atoms with van der Waals surface area (Å²) in [5, 5.41) is 12.5. The predicted molar refractivity (Wildman–Crippen MR) is 99.3 cm³/mol. The first-order valence-electron chi connectivity index (χ1n) is 8.21. The van der Waals surface area contributed by atoms with Gasteiger partial charge in [-0.1, -0.05) is 12.1 Å². The second kappa shape index (κ2) is 8.18. The quantitative estimate of drug-likeness (QED) is 0.270. The number of esters is 1. The molecule has 27 heavy (non-hydrogen) atoms. The molecule has 0 aliphatic heterocycles. The smallest absolute Gasteiger partial charge is 0.314 e. The molecule has 3 rings (SSSR count). The van der Waals surface area contributed by atoms with Gasteiger partial charge in [0, 0.05) is 12.1 Å². The second-order valence-corrected chi connectivity index (χ2v) is 5.70. The molecule has 0 aliphatic carbocycles. The number of nitro benzene ring substituents is 1. The number of carbonyl (C=O) groups excluding carboxylic acids is 1. The van der Waals surface area contributed by atoms with E-state index in [1.54, 1.807) is 19.2 Å². The van der Waals surface area contributed by atoms with E-state index in [0.29, 0.717) is 11.5 Å². The summed E-state index contributed by atoms with van der Waals surface area (Å²) in [5.74, 6) is 1.18. The summed E-state index contributed by atoms with van der Waals surface area (Å²) in [6.07, 6.45) is 0.0487. The van der Waals surface area contributed by atoms with E-state index >= 15 is 0 Å². The third kappa shape index (κ3) is 4.72. The monoisotopic (exact) mass is 367 g/mol. The molecular formula is C20H17NO6. The number of methoxy groups -OCH3 is 1. The third-order valence-corrected chi connectivity index (χ3v) is 3.87. The third-order valence-electron chi connectivity index (χ3n) is 3.87.